The zero-order valence-corrected chi connectivity index (χ0v) is 9.43. The minimum atomic E-state index is 0.251. The Morgan fingerprint density at radius 1 is 1.38 bits per heavy atom. The summed E-state index contributed by atoms with van der Waals surface area (Å²) in [5, 5.41) is 2.88. The van der Waals surface area contributed by atoms with Gasteiger partial charge < -0.3 is 5.32 Å². The second-order valence-electron chi connectivity index (χ2n) is 4.21. The lowest BCUT2D eigenvalue weighted by atomic mass is 10.1. The summed E-state index contributed by atoms with van der Waals surface area (Å²) < 4.78 is 0. The number of carbonyl (C=O) groups is 1. The van der Waals surface area contributed by atoms with Crippen LogP contribution in [0, 0.1) is 0 Å². The number of rotatable bonds is 5. The maximum absolute atomic E-state index is 10.4. The van der Waals surface area contributed by atoms with Crippen LogP contribution in [-0.2, 0) is 11.2 Å². The van der Waals surface area contributed by atoms with Crippen molar-refractivity contribution in [2.75, 3.05) is 13.1 Å². The molecule has 1 unspecified atom stereocenters. The second kappa shape index (κ2) is 5.66. The van der Waals surface area contributed by atoms with Gasteiger partial charge in [0, 0.05) is 13.1 Å². The minimum absolute atomic E-state index is 0.251. The lowest BCUT2D eigenvalue weighted by Gasteiger charge is -2.23. The number of nitrogens with zero attached hydrogens (tertiary/aromatic N) is 1. The number of likely N-dealkylation sites (tertiary alicyclic amines) is 1. The molecule has 0 radical (unpaired) electrons. The van der Waals surface area contributed by atoms with Crippen LogP contribution >= 0.6 is 0 Å². The number of hydrogen-bond donors (Lipinski definition) is 1. The third kappa shape index (κ3) is 2.83. The Bertz CT molecular complexity index is 326. The molecule has 0 saturated carbocycles. The number of benzene rings is 1. The van der Waals surface area contributed by atoms with Crippen molar-refractivity contribution in [3.05, 3.63) is 35.9 Å². The van der Waals surface area contributed by atoms with Crippen LogP contribution < -0.4 is 5.32 Å². The molecule has 16 heavy (non-hydrogen) atoms. The van der Waals surface area contributed by atoms with Gasteiger partial charge in [-0.3, -0.25) is 9.69 Å². The predicted octanol–water partition coefficient (Wildman–Crippen LogP) is 1.40. The van der Waals surface area contributed by atoms with Gasteiger partial charge in [0.2, 0.25) is 6.41 Å². The summed E-state index contributed by atoms with van der Waals surface area (Å²) in [6.45, 7) is 2.12. The molecular weight excluding hydrogens is 200 g/mol. The van der Waals surface area contributed by atoms with Crippen LogP contribution in [0.15, 0.2) is 30.3 Å². The highest BCUT2D eigenvalue weighted by Crippen LogP contribution is 2.15. The molecule has 1 aliphatic heterocycles. The molecular formula is C13H18N2O. The molecule has 1 heterocycles. The van der Waals surface area contributed by atoms with Crippen molar-refractivity contribution < 1.29 is 4.79 Å². The molecule has 86 valence electrons. The first kappa shape index (κ1) is 11.1. The first-order chi connectivity index (χ1) is 7.90. The van der Waals surface area contributed by atoms with Crippen molar-refractivity contribution in [2.24, 2.45) is 0 Å². The van der Waals surface area contributed by atoms with Crippen molar-refractivity contribution >= 4 is 6.41 Å². The lowest BCUT2D eigenvalue weighted by Crippen LogP contribution is -2.41. The monoisotopic (exact) mass is 218 g/mol. The van der Waals surface area contributed by atoms with Crippen molar-refractivity contribution in [1.29, 1.82) is 0 Å². The molecule has 1 aliphatic rings. The predicted molar refractivity (Wildman–Crippen MR) is 63.9 cm³/mol. The fraction of sp³-hybridized carbons (Fsp3) is 0.462. The molecule has 0 spiro atoms. The van der Waals surface area contributed by atoms with Gasteiger partial charge in [-0.2, -0.15) is 0 Å². The number of carbonyl (C=O) groups excluding carboxylic acids is 1. The maximum Gasteiger partial charge on any atom is 0.208 e. The molecule has 2 rings (SSSR count). The lowest BCUT2D eigenvalue weighted by molar-refractivity contribution is -0.111. The molecule has 0 aromatic heterocycles. The van der Waals surface area contributed by atoms with E-state index in [-0.39, 0.29) is 6.17 Å². The van der Waals surface area contributed by atoms with Crippen LogP contribution in [-0.4, -0.2) is 30.6 Å². The van der Waals surface area contributed by atoms with Gasteiger partial charge in [0.1, 0.15) is 0 Å². The van der Waals surface area contributed by atoms with E-state index in [1.165, 1.54) is 12.0 Å². The van der Waals surface area contributed by atoms with Crippen molar-refractivity contribution in [3.8, 4) is 0 Å². The normalized spacial score (nSPS) is 20.9. The molecule has 1 N–H and O–H groups in total. The molecule has 1 aromatic carbocycles. The Kier molecular flexibility index (Phi) is 3.94. The van der Waals surface area contributed by atoms with Gasteiger partial charge in [0.05, 0.1) is 6.17 Å². The summed E-state index contributed by atoms with van der Waals surface area (Å²) >= 11 is 0. The highest BCUT2D eigenvalue weighted by molar-refractivity contribution is 5.46. The van der Waals surface area contributed by atoms with Crippen LogP contribution in [0.2, 0.25) is 0 Å². The summed E-state index contributed by atoms with van der Waals surface area (Å²) in [5.74, 6) is 0. The van der Waals surface area contributed by atoms with Gasteiger partial charge >= 0.3 is 0 Å². The SMILES string of the molecule is O=CNC1CCCN1CCc1ccccc1. The van der Waals surface area contributed by atoms with Gasteiger partial charge in [0.25, 0.3) is 0 Å². The third-order valence-corrected chi connectivity index (χ3v) is 3.15. The van der Waals surface area contributed by atoms with Gasteiger partial charge in [-0.1, -0.05) is 30.3 Å². The van der Waals surface area contributed by atoms with E-state index in [1.54, 1.807) is 0 Å². The summed E-state index contributed by atoms with van der Waals surface area (Å²) in [7, 11) is 0. The number of nitrogens with one attached hydrogen (secondary N) is 1. The van der Waals surface area contributed by atoms with Crippen LogP contribution in [0.3, 0.4) is 0 Å². The van der Waals surface area contributed by atoms with Crippen LogP contribution in [0.1, 0.15) is 18.4 Å². The standard InChI is InChI=1S/C13H18N2O/c16-11-14-13-7-4-9-15(13)10-8-12-5-2-1-3-6-12/h1-3,5-6,11,13H,4,7-10H2,(H,14,16). The summed E-state index contributed by atoms with van der Waals surface area (Å²) in [6.07, 6.45) is 4.37. The Morgan fingerprint density at radius 3 is 2.94 bits per heavy atom. The van der Waals surface area contributed by atoms with E-state index in [0.29, 0.717) is 0 Å². The fourth-order valence-electron chi connectivity index (χ4n) is 2.28. The summed E-state index contributed by atoms with van der Waals surface area (Å²) in [6, 6.07) is 10.5. The molecule has 1 aromatic rings. The molecule has 1 amide bonds. The molecule has 0 bridgehead atoms. The van der Waals surface area contributed by atoms with Crippen LogP contribution in [0.25, 0.3) is 0 Å². The van der Waals surface area contributed by atoms with Crippen molar-refractivity contribution in [1.82, 2.24) is 10.2 Å². The molecule has 1 fully saturated rings. The quantitative estimate of drug-likeness (QED) is 0.758. The molecule has 0 aliphatic carbocycles. The van der Waals surface area contributed by atoms with E-state index in [9.17, 15) is 4.79 Å². The van der Waals surface area contributed by atoms with Gasteiger partial charge in [-0.15, -0.1) is 0 Å². The van der Waals surface area contributed by atoms with Crippen molar-refractivity contribution in [2.45, 2.75) is 25.4 Å². The van der Waals surface area contributed by atoms with E-state index in [0.717, 1.165) is 32.3 Å². The average Bonchev–Trinajstić information content (AvgIpc) is 2.76. The molecule has 1 atom stereocenters. The van der Waals surface area contributed by atoms with E-state index >= 15 is 0 Å². The smallest absolute Gasteiger partial charge is 0.208 e. The summed E-state index contributed by atoms with van der Waals surface area (Å²) in [4.78, 5) is 12.8. The van der Waals surface area contributed by atoms with Gasteiger partial charge in [-0.25, -0.2) is 0 Å². The Balaban J connectivity index is 1.83. The topological polar surface area (TPSA) is 32.3 Å². The Morgan fingerprint density at radius 2 is 2.19 bits per heavy atom. The summed E-state index contributed by atoms with van der Waals surface area (Å²) in [5.41, 5.74) is 1.36. The van der Waals surface area contributed by atoms with E-state index in [4.69, 9.17) is 0 Å². The Hall–Kier alpha value is -1.35. The highest BCUT2D eigenvalue weighted by Gasteiger charge is 2.22. The fourth-order valence-corrected chi connectivity index (χ4v) is 2.28. The van der Waals surface area contributed by atoms with Crippen LogP contribution in [0.4, 0.5) is 0 Å². The second-order valence-corrected chi connectivity index (χ2v) is 4.21. The number of hydrogen-bond acceptors (Lipinski definition) is 2. The van der Waals surface area contributed by atoms with E-state index in [2.05, 4.69) is 34.5 Å². The van der Waals surface area contributed by atoms with Gasteiger partial charge in [0.15, 0.2) is 0 Å². The zero-order valence-electron chi connectivity index (χ0n) is 9.43. The van der Waals surface area contributed by atoms with E-state index in [1.807, 2.05) is 6.07 Å². The molecule has 3 nitrogen and oxygen atoms in total. The Labute approximate surface area is 96.5 Å². The molecule has 1 saturated heterocycles. The van der Waals surface area contributed by atoms with E-state index < -0.39 is 0 Å². The van der Waals surface area contributed by atoms with Crippen molar-refractivity contribution in [3.63, 3.8) is 0 Å². The minimum Gasteiger partial charge on any atom is -0.343 e. The third-order valence-electron chi connectivity index (χ3n) is 3.15. The largest absolute Gasteiger partial charge is 0.343 e. The van der Waals surface area contributed by atoms with Gasteiger partial charge in [-0.05, 0) is 24.8 Å². The molecule has 3 heteroatoms. The van der Waals surface area contributed by atoms with Crippen LogP contribution in [0.5, 0.6) is 0 Å². The first-order valence-corrected chi connectivity index (χ1v) is 5.88. The average molecular weight is 218 g/mol. The zero-order chi connectivity index (χ0) is 11.2. The maximum atomic E-state index is 10.4. The first-order valence-electron chi connectivity index (χ1n) is 5.88. The highest BCUT2D eigenvalue weighted by atomic mass is 16.1. The number of amides is 1.